The highest BCUT2D eigenvalue weighted by atomic mass is 32.2. The summed E-state index contributed by atoms with van der Waals surface area (Å²) in [5, 5.41) is 0. The summed E-state index contributed by atoms with van der Waals surface area (Å²) in [6.45, 7) is 3.37. The average Bonchev–Trinajstić information content (AvgIpc) is 3.03. The molecule has 3 aromatic rings. The fraction of sp³-hybridized carbons (Fsp3) is 0.250. The van der Waals surface area contributed by atoms with Gasteiger partial charge in [-0.25, -0.2) is 14.4 Å². The number of carbonyl (C=O) groups is 3. The largest absolute Gasteiger partial charge is 0.592 e. The van der Waals surface area contributed by atoms with Crippen LogP contribution in [0, 0.1) is 0 Å². The Kier molecular flexibility index (Phi) is 11.6. The molecule has 1 aliphatic heterocycles. The van der Waals surface area contributed by atoms with Crippen LogP contribution in [-0.2, 0) is 30.3 Å². The second kappa shape index (κ2) is 15.5. The molecule has 0 aliphatic carbocycles. The summed E-state index contributed by atoms with van der Waals surface area (Å²) < 4.78 is 40.0. The van der Waals surface area contributed by atoms with E-state index in [4.69, 9.17) is 18.9 Å². The van der Waals surface area contributed by atoms with Crippen LogP contribution >= 0.6 is 11.8 Å². The van der Waals surface area contributed by atoms with Crippen LogP contribution < -0.4 is 0 Å². The minimum atomic E-state index is -1.61. The molecule has 3 aromatic carbocycles. The number of hydrogen-bond donors (Lipinski definition) is 0. The first-order chi connectivity index (χ1) is 20.8. The van der Waals surface area contributed by atoms with Gasteiger partial charge in [0.25, 0.3) is 0 Å². The van der Waals surface area contributed by atoms with Crippen LogP contribution in [0.2, 0.25) is 0 Å². The van der Waals surface area contributed by atoms with Crippen LogP contribution in [0.4, 0.5) is 0 Å². The number of esters is 3. The minimum absolute atomic E-state index is 0.117. The molecule has 4 rings (SSSR count). The number of rotatable bonds is 12. The average molecular weight is 622 g/mol. The van der Waals surface area contributed by atoms with E-state index >= 15 is 0 Å². The van der Waals surface area contributed by atoms with Gasteiger partial charge < -0.3 is 23.5 Å². The molecule has 9 nitrogen and oxygen atoms in total. The van der Waals surface area contributed by atoms with E-state index in [2.05, 4.69) is 11.0 Å². The van der Waals surface area contributed by atoms with Gasteiger partial charge in [-0.05, 0) is 36.4 Å². The van der Waals surface area contributed by atoms with Gasteiger partial charge in [0.2, 0.25) is 0 Å². The van der Waals surface area contributed by atoms with E-state index in [1.165, 1.54) is 24.2 Å². The molecular formula is C32H31NO8S2. The Morgan fingerprint density at radius 2 is 1.49 bits per heavy atom. The summed E-state index contributed by atoms with van der Waals surface area (Å²) in [4.78, 5) is 39.7. The van der Waals surface area contributed by atoms with Gasteiger partial charge in [-0.15, -0.1) is 18.3 Å². The zero-order valence-electron chi connectivity index (χ0n) is 23.4. The SMILES string of the molecule is C=CCSC1OC(/C=N/[S@@+](C)[O-])C(OC(=O)c2ccccc2)CC1(COC(=O)c1ccccc1)OC(=O)c1ccccc1. The van der Waals surface area contributed by atoms with E-state index in [-0.39, 0.29) is 12.0 Å². The Morgan fingerprint density at radius 3 is 2.02 bits per heavy atom. The van der Waals surface area contributed by atoms with Crippen molar-refractivity contribution in [2.75, 3.05) is 18.6 Å². The number of ether oxygens (including phenoxy) is 4. The Hall–Kier alpha value is -3.90. The van der Waals surface area contributed by atoms with Gasteiger partial charge in [-0.3, -0.25) is 0 Å². The molecule has 1 saturated heterocycles. The van der Waals surface area contributed by atoms with Gasteiger partial charge in [0.1, 0.15) is 30.5 Å². The molecule has 1 fully saturated rings. The molecule has 0 aromatic heterocycles. The number of thioether (sulfide) groups is 1. The second-order valence-electron chi connectivity index (χ2n) is 9.51. The molecule has 11 heteroatoms. The van der Waals surface area contributed by atoms with Gasteiger partial charge >= 0.3 is 17.9 Å². The van der Waals surface area contributed by atoms with Crippen molar-refractivity contribution in [3.63, 3.8) is 0 Å². The smallest absolute Gasteiger partial charge is 0.338 e. The first kappa shape index (κ1) is 32.0. The molecule has 4 unspecified atom stereocenters. The van der Waals surface area contributed by atoms with Crippen molar-refractivity contribution in [2.45, 2.75) is 29.7 Å². The van der Waals surface area contributed by atoms with Crippen molar-refractivity contribution >= 4 is 47.2 Å². The summed E-state index contributed by atoms with van der Waals surface area (Å²) in [5.41, 5.74) is -1.66. The van der Waals surface area contributed by atoms with Crippen molar-refractivity contribution < 1.29 is 37.9 Å². The third kappa shape index (κ3) is 8.80. The summed E-state index contributed by atoms with van der Waals surface area (Å²) in [7, 11) is 0. The molecular weight excluding hydrogens is 590 g/mol. The van der Waals surface area contributed by atoms with E-state index in [1.54, 1.807) is 97.1 Å². The van der Waals surface area contributed by atoms with Gasteiger partial charge in [0, 0.05) is 12.2 Å². The van der Waals surface area contributed by atoms with Gasteiger partial charge in [-0.1, -0.05) is 65.1 Å². The van der Waals surface area contributed by atoms with Crippen LogP contribution in [0.25, 0.3) is 0 Å². The molecule has 0 radical (unpaired) electrons. The van der Waals surface area contributed by atoms with Crippen molar-refractivity contribution in [1.29, 1.82) is 0 Å². The summed E-state index contributed by atoms with van der Waals surface area (Å²) in [6.07, 6.45) is 2.24. The van der Waals surface area contributed by atoms with Crippen LogP contribution in [0.5, 0.6) is 0 Å². The van der Waals surface area contributed by atoms with Crippen LogP contribution in [0.15, 0.2) is 108 Å². The molecule has 0 amide bonds. The van der Waals surface area contributed by atoms with Crippen molar-refractivity contribution in [3.05, 3.63) is 120 Å². The first-order valence-electron chi connectivity index (χ1n) is 13.3. The Morgan fingerprint density at radius 1 is 0.953 bits per heavy atom. The Bertz CT molecular complexity index is 1400. The fourth-order valence-corrected chi connectivity index (χ4v) is 5.65. The van der Waals surface area contributed by atoms with E-state index in [9.17, 15) is 18.9 Å². The van der Waals surface area contributed by atoms with Crippen molar-refractivity contribution in [3.8, 4) is 0 Å². The molecule has 0 N–H and O–H groups in total. The lowest BCUT2D eigenvalue weighted by atomic mass is 9.91. The van der Waals surface area contributed by atoms with Gasteiger partial charge in [0.15, 0.2) is 5.60 Å². The number of carbonyl (C=O) groups excluding carboxylic acids is 3. The summed E-state index contributed by atoms with van der Waals surface area (Å²) in [5.74, 6) is -1.57. The number of benzene rings is 3. The molecule has 1 aliphatic rings. The lowest BCUT2D eigenvalue weighted by molar-refractivity contribution is -0.182. The molecule has 1 heterocycles. The highest BCUT2D eigenvalue weighted by Gasteiger charge is 2.54. The standard InChI is InChI=1S/C32H31NO8S2/c1-3-19-42-31-32(41-30(36)25-17-11-6-12-18-25,22-38-28(34)23-13-7-4-8-14-23)20-26(27(40-31)21-33-43(2)37)39-29(35)24-15-9-5-10-16-24/h3-18,21,26-27,31H,1,19-20,22H2,2H3/b33-21+/t26?,27?,31?,32?,43-/m1/s1. The molecule has 43 heavy (non-hydrogen) atoms. The van der Waals surface area contributed by atoms with E-state index in [0.29, 0.717) is 16.9 Å². The van der Waals surface area contributed by atoms with Crippen LogP contribution in [-0.4, -0.2) is 70.5 Å². The minimum Gasteiger partial charge on any atom is -0.592 e. The number of hydrogen-bond acceptors (Lipinski definition) is 10. The molecule has 0 saturated carbocycles. The Balaban J connectivity index is 1.73. The maximum atomic E-state index is 13.5. The molecule has 5 atom stereocenters. The second-order valence-corrected chi connectivity index (χ2v) is 11.7. The highest BCUT2D eigenvalue weighted by Crippen LogP contribution is 2.41. The van der Waals surface area contributed by atoms with E-state index in [0.717, 1.165) is 0 Å². The lowest BCUT2D eigenvalue weighted by Gasteiger charge is -2.46. The topological polar surface area (TPSA) is 124 Å². The molecule has 0 spiro atoms. The predicted molar refractivity (Wildman–Crippen MR) is 165 cm³/mol. The third-order valence-corrected chi connectivity index (χ3v) is 8.07. The summed E-state index contributed by atoms with van der Waals surface area (Å²) >= 11 is -0.303. The monoisotopic (exact) mass is 621 g/mol. The zero-order chi connectivity index (χ0) is 30.7. The van der Waals surface area contributed by atoms with Crippen LogP contribution in [0.1, 0.15) is 37.5 Å². The normalized spacial score (nSPS) is 22.3. The zero-order valence-corrected chi connectivity index (χ0v) is 25.0. The van der Waals surface area contributed by atoms with Gasteiger partial charge in [0.05, 0.1) is 34.3 Å². The van der Waals surface area contributed by atoms with Gasteiger partial charge in [-0.2, -0.15) is 0 Å². The lowest BCUT2D eigenvalue weighted by Crippen LogP contribution is -2.60. The fourth-order valence-electron chi connectivity index (χ4n) is 4.33. The van der Waals surface area contributed by atoms with Crippen LogP contribution in [0.3, 0.4) is 0 Å². The Labute approximate surface area is 257 Å². The first-order valence-corrected chi connectivity index (χ1v) is 15.9. The van der Waals surface area contributed by atoms with Crippen molar-refractivity contribution in [1.82, 2.24) is 0 Å². The van der Waals surface area contributed by atoms with Crippen molar-refractivity contribution in [2.24, 2.45) is 4.40 Å². The molecule has 0 bridgehead atoms. The molecule has 224 valence electrons. The summed E-state index contributed by atoms with van der Waals surface area (Å²) in [6, 6.07) is 25.1. The quantitative estimate of drug-likeness (QED) is 0.0897. The number of nitrogens with zero attached hydrogens (tertiary/aromatic N) is 1. The van der Waals surface area contributed by atoms with E-state index in [1.807, 2.05) is 0 Å². The highest BCUT2D eigenvalue weighted by molar-refractivity contribution is 8.00. The maximum Gasteiger partial charge on any atom is 0.338 e. The van der Waals surface area contributed by atoms with E-state index < -0.39 is 59.1 Å². The maximum absolute atomic E-state index is 13.5. The predicted octanol–water partition coefficient (Wildman–Crippen LogP) is 5.06. The third-order valence-electron chi connectivity index (χ3n) is 6.38.